The molecule has 0 aliphatic rings. The molecule has 1 rings (SSSR count). The van der Waals surface area contributed by atoms with Crippen LogP contribution in [0.5, 0.6) is 0 Å². The van der Waals surface area contributed by atoms with Gasteiger partial charge in [-0.2, -0.15) is 0 Å². The quantitative estimate of drug-likeness (QED) is 0.643. The van der Waals surface area contributed by atoms with Crippen LogP contribution >= 0.6 is 0 Å². The van der Waals surface area contributed by atoms with Crippen LogP contribution in [0.1, 0.15) is 17.5 Å². The number of hydrogen-bond acceptors (Lipinski definition) is 1. The maximum atomic E-state index is 11.6. The summed E-state index contributed by atoms with van der Waals surface area (Å²) in [5.41, 5.74) is 1.85. The van der Waals surface area contributed by atoms with Crippen LogP contribution in [0.2, 0.25) is 0 Å². The first-order valence-corrected chi connectivity index (χ1v) is 4.45. The van der Waals surface area contributed by atoms with Gasteiger partial charge < -0.3 is 0 Å². The van der Waals surface area contributed by atoms with Crippen molar-refractivity contribution in [3.63, 3.8) is 0 Å². The van der Waals surface area contributed by atoms with Gasteiger partial charge in [0.2, 0.25) is 0 Å². The van der Waals surface area contributed by atoms with E-state index >= 15 is 0 Å². The lowest BCUT2D eigenvalue weighted by atomic mass is 10.1. The maximum Gasteiger partial charge on any atom is 0.184 e. The standard InChI is InChI=1S/C12H14O/c1-3-4-8-11-9-6-5-7-10(2)12(11)13/h3,5-7,9H,1,4,8H2,2H3. The predicted octanol–water partition coefficient (Wildman–Crippen LogP) is 2.47. The fourth-order valence-corrected chi connectivity index (χ4v) is 1.23. The van der Waals surface area contributed by atoms with E-state index < -0.39 is 0 Å². The van der Waals surface area contributed by atoms with E-state index in [1.54, 1.807) is 0 Å². The Bertz CT molecular complexity index is 353. The first kappa shape index (κ1) is 9.72. The molecule has 0 bridgehead atoms. The minimum absolute atomic E-state index is 0.159. The Morgan fingerprint density at radius 2 is 2.08 bits per heavy atom. The van der Waals surface area contributed by atoms with Crippen LogP contribution in [-0.2, 0) is 6.42 Å². The lowest BCUT2D eigenvalue weighted by Crippen LogP contribution is -2.07. The average molecular weight is 174 g/mol. The van der Waals surface area contributed by atoms with E-state index in [0.717, 1.165) is 24.0 Å². The molecule has 0 atom stereocenters. The van der Waals surface area contributed by atoms with Crippen molar-refractivity contribution in [1.29, 1.82) is 0 Å². The summed E-state index contributed by atoms with van der Waals surface area (Å²) in [7, 11) is 0. The zero-order valence-corrected chi connectivity index (χ0v) is 7.92. The second kappa shape index (κ2) is 4.61. The van der Waals surface area contributed by atoms with Gasteiger partial charge in [-0.1, -0.05) is 30.3 Å². The zero-order valence-electron chi connectivity index (χ0n) is 7.92. The second-order valence-electron chi connectivity index (χ2n) is 3.08. The van der Waals surface area contributed by atoms with Crippen LogP contribution in [0.25, 0.3) is 0 Å². The molecule has 13 heavy (non-hydrogen) atoms. The molecule has 1 nitrogen and oxygen atoms in total. The summed E-state index contributed by atoms with van der Waals surface area (Å²) < 4.78 is 0. The van der Waals surface area contributed by atoms with Crippen molar-refractivity contribution in [2.75, 3.05) is 0 Å². The molecule has 0 amide bonds. The molecule has 0 radical (unpaired) electrons. The minimum Gasteiger partial charge on any atom is -0.289 e. The van der Waals surface area contributed by atoms with E-state index in [2.05, 4.69) is 6.58 Å². The van der Waals surface area contributed by atoms with Gasteiger partial charge in [-0.05, 0) is 25.3 Å². The third-order valence-corrected chi connectivity index (χ3v) is 2.02. The Hall–Kier alpha value is -1.37. The van der Waals surface area contributed by atoms with E-state index in [-0.39, 0.29) is 5.43 Å². The van der Waals surface area contributed by atoms with Gasteiger partial charge in [0.1, 0.15) is 0 Å². The molecule has 0 aliphatic heterocycles. The SMILES string of the molecule is C=CCCc1ccccc(C)c1=O. The first-order valence-electron chi connectivity index (χ1n) is 4.45. The summed E-state index contributed by atoms with van der Waals surface area (Å²) in [6.45, 7) is 5.49. The Morgan fingerprint density at radius 1 is 1.38 bits per heavy atom. The van der Waals surface area contributed by atoms with E-state index in [4.69, 9.17) is 0 Å². The maximum absolute atomic E-state index is 11.6. The Labute approximate surface area is 78.7 Å². The largest absolute Gasteiger partial charge is 0.289 e. The van der Waals surface area contributed by atoms with Crippen molar-refractivity contribution >= 4 is 0 Å². The molecule has 0 N–H and O–H groups in total. The summed E-state index contributed by atoms with van der Waals surface area (Å²) in [6, 6.07) is 7.54. The normalized spacial score (nSPS) is 9.62. The first-order chi connectivity index (χ1) is 6.25. The molecule has 0 saturated heterocycles. The molecule has 0 heterocycles. The third kappa shape index (κ3) is 2.55. The molecule has 0 aliphatic carbocycles. The van der Waals surface area contributed by atoms with Crippen LogP contribution in [0, 0.1) is 6.92 Å². The summed E-state index contributed by atoms with van der Waals surface area (Å²) in [6.07, 6.45) is 3.48. The van der Waals surface area contributed by atoms with Crippen molar-refractivity contribution < 1.29 is 0 Å². The van der Waals surface area contributed by atoms with Gasteiger partial charge in [0.05, 0.1) is 0 Å². The van der Waals surface area contributed by atoms with Gasteiger partial charge in [0.15, 0.2) is 5.43 Å². The monoisotopic (exact) mass is 174 g/mol. The zero-order chi connectivity index (χ0) is 9.68. The highest BCUT2D eigenvalue weighted by Crippen LogP contribution is 1.98. The number of aryl methyl sites for hydroxylation is 2. The lowest BCUT2D eigenvalue weighted by Gasteiger charge is -1.92. The highest BCUT2D eigenvalue weighted by atomic mass is 16.1. The van der Waals surface area contributed by atoms with E-state index in [9.17, 15) is 4.79 Å². The predicted molar refractivity (Wildman–Crippen MR) is 56.0 cm³/mol. The van der Waals surface area contributed by atoms with E-state index in [1.807, 2.05) is 37.3 Å². The molecule has 1 aromatic rings. The summed E-state index contributed by atoms with van der Waals surface area (Å²) >= 11 is 0. The Kier molecular flexibility index (Phi) is 3.44. The van der Waals surface area contributed by atoms with Crippen LogP contribution in [0.4, 0.5) is 0 Å². The van der Waals surface area contributed by atoms with Crippen molar-refractivity contribution in [2.45, 2.75) is 19.8 Å². The summed E-state index contributed by atoms with van der Waals surface area (Å²) in [5.74, 6) is 0. The van der Waals surface area contributed by atoms with Crippen LogP contribution in [0.15, 0.2) is 41.7 Å². The summed E-state index contributed by atoms with van der Waals surface area (Å²) in [5, 5.41) is 0. The number of allylic oxidation sites excluding steroid dienone is 1. The molecule has 0 aromatic heterocycles. The topological polar surface area (TPSA) is 17.1 Å². The second-order valence-corrected chi connectivity index (χ2v) is 3.08. The van der Waals surface area contributed by atoms with Crippen molar-refractivity contribution in [2.24, 2.45) is 0 Å². The fourth-order valence-electron chi connectivity index (χ4n) is 1.23. The Balaban J connectivity index is 3.08. The molecule has 0 unspecified atom stereocenters. The van der Waals surface area contributed by atoms with Crippen molar-refractivity contribution in [1.82, 2.24) is 0 Å². The van der Waals surface area contributed by atoms with E-state index in [1.165, 1.54) is 0 Å². The van der Waals surface area contributed by atoms with Gasteiger partial charge in [-0.25, -0.2) is 0 Å². The highest BCUT2D eigenvalue weighted by Gasteiger charge is 1.97. The van der Waals surface area contributed by atoms with E-state index in [0.29, 0.717) is 0 Å². The summed E-state index contributed by atoms with van der Waals surface area (Å²) in [4.78, 5) is 11.6. The van der Waals surface area contributed by atoms with Gasteiger partial charge in [0, 0.05) is 5.56 Å². The minimum atomic E-state index is 0.159. The molecule has 0 spiro atoms. The molecule has 1 heteroatoms. The van der Waals surface area contributed by atoms with Crippen LogP contribution < -0.4 is 5.43 Å². The van der Waals surface area contributed by atoms with Gasteiger partial charge in [-0.15, -0.1) is 6.58 Å². The smallest absolute Gasteiger partial charge is 0.184 e. The average Bonchev–Trinajstić information content (AvgIpc) is 2.28. The fraction of sp³-hybridized carbons (Fsp3) is 0.250. The molecule has 0 fully saturated rings. The number of hydrogen-bond donors (Lipinski definition) is 0. The third-order valence-electron chi connectivity index (χ3n) is 2.02. The van der Waals surface area contributed by atoms with Crippen LogP contribution in [-0.4, -0.2) is 0 Å². The van der Waals surface area contributed by atoms with Gasteiger partial charge in [0.25, 0.3) is 0 Å². The molecule has 68 valence electrons. The highest BCUT2D eigenvalue weighted by molar-refractivity contribution is 5.21. The van der Waals surface area contributed by atoms with Crippen LogP contribution in [0.3, 0.4) is 0 Å². The lowest BCUT2D eigenvalue weighted by molar-refractivity contribution is 0.992. The van der Waals surface area contributed by atoms with Gasteiger partial charge >= 0.3 is 0 Å². The molecular weight excluding hydrogens is 160 g/mol. The molecular formula is C12H14O. The van der Waals surface area contributed by atoms with Crippen molar-refractivity contribution in [3.05, 3.63) is 58.3 Å². The Morgan fingerprint density at radius 3 is 2.77 bits per heavy atom. The molecule has 1 aromatic carbocycles. The molecule has 0 saturated carbocycles. The van der Waals surface area contributed by atoms with Gasteiger partial charge in [-0.3, -0.25) is 4.79 Å². The number of rotatable bonds is 3. The van der Waals surface area contributed by atoms with Crippen molar-refractivity contribution in [3.8, 4) is 0 Å².